The lowest BCUT2D eigenvalue weighted by atomic mass is 9.89. The van der Waals surface area contributed by atoms with E-state index < -0.39 is 0 Å². The van der Waals surface area contributed by atoms with Crippen molar-refractivity contribution in [1.29, 1.82) is 0 Å². The third-order valence-corrected chi connectivity index (χ3v) is 3.99. The summed E-state index contributed by atoms with van der Waals surface area (Å²) in [6.45, 7) is 3.81. The van der Waals surface area contributed by atoms with E-state index in [1.54, 1.807) is 7.11 Å². The van der Waals surface area contributed by atoms with Gasteiger partial charge < -0.3 is 4.74 Å². The van der Waals surface area contributed by atoms with Crippen LogP contribution in [0.5, 0.6) is 0 Å². The van der Waals surface area contributed by atoms with Gasteiger partial charge in [-0.1, -0.05) is 55.4 Å². The standard InChI is InChI=1S/C19H24O/c1-3-9-19(20-2)18-13-8-7-12-17(18)15-14-16-10-5-4-6-11-16/h3,7-8,12-13,16,19H,1,4-6,9-11H2,2H3. The van der Waals surface area contributed by atoms with Crippen LogP contribution in [0.2, 0.25) is 0 Å². The van der Waals surface area contributed by atoms with E-state index in [0.717, 1.165) is 12.0 Å². The zero-order valence-corrected chi connectivity index (χ0v) is 12.4. The molecule has 1 atom stereocenters. The largest absolute Gasteiger partial charge is 0.376 e. The topological polar surface area (TPSA) is 9.23 Å². The first-order valence-electron chi connectivity index (χ1n) is 7.59. The van der Waals surface area contributed by atoms with Crippen molar-refractivity contribution in [3.05, 3.63) is 48.0 Å². The lowest BCUT2D eigenvalue weighted by Gasteiger charge is -2.17. The Morgan fingerprint density at radius 1 is 1.30 bits per heavy atom. The van der Waals surface area contributed by atoms with E-state index in [1.807, 2.05) is 6.08 Å². The van der Waals surface area contributed by atoms with Crippen molar-refractivity contribution in [3.8, 4) is 11.8 Å². The molecule has 0 spiro atoms. The molecule has 0 saturated heterocycles. The van der Waals surface area contributed by atoms with Crippen molar-refractivity contribution < 1.29 is 4.74 Å². The third kappa shape index (κ3) is 3.99. The van der Waals surface area contributed by atoms with Gasteiger partial charge >= 0.3 is 0 Å². The molecule has 0 bridgehead atoms. The van der Waals surface area contributed by atoms with Crippen molar-refractivity contribution in [2.24, 2.45) is 5.92 Å². The fourth-order valence-corrected chi connectivity index (χ4v) is 2.82. The van der Waals surface area contributed by atoms with Gasteiger partial charge in [0.15, 0.2) is 0 Å². The minimum atomic E-state index is 0.0596. The summed E-state index contributed by atoms with van der Waals surface area (Å²) in [6, 6.07) is 8.31. The summed E-state index contributed by atoms with van der Waals surface area (Å²) in [4.78, 5) is 0. The first kappa shape index (κ1) is 14.9. The van der Waals surface area contributed by atoms with E-state index in [9.17, 15) is 0 Å². The van der Waals surface area contributed by atoms with Crippen LogP contribution in [0.15, 0.2) is 36.9 Å². The van der Waals surface area contributed by atoms with E-state index >= 15 is 0 Å². The molecule has 1 heteroatoms. The van der Waals surface area contributed by atoms with Crippen molar-refractivity contribution >= 4 is 0 Å². The van der Waals surface area contributed by atoms with Crippen molar-refractivity contribution in [2.45, 2.75) is 44.6 Å². The monoisotopic (exact) mass is 268 g/mol. The van der Waals surface area contributed by atoms with Crippen LogP contribution in [0.1, 0.15) is 55.8 Å². The highest BCUT2D eigenvalue weighted by atomic mass is 16.5. The maximum Gasteiger partial charge on any atom is 0.0867 e. The fraction of sp³-hybridized carbons (Fsp3) is 0.474. The Morgan fingerprint density at radius 2 is 2.05 bits per heavy atom. The number of methoxy groups -OCH3 is 1. The maximum atomic E-state index is 5.57. The summed E-state index contributed by atoms with van der Waals surface area (Å²) in [5, 5.41) is 0. The van der Waals surface area contributed by atoms with Crippen LogP contribution >= 0.6 is 0 Å². The molecule has 1 unspecified atom stereocenters. The van der Waals surface area contributed by atoms with Crippen molar-refractivity contribution in [1.82, 2.24) is 0 Å². The normalized spacial score (nSPS) is 17.1. The van der Waals surface area contributed by atoms with Crippen molar-refractivity contribution in [3.63, 3.8) is 0 Å². The van der Waals surface area contributed by atoms with E-state index in [0.29, 0.717) is 5.92 Å². The second-order valence-electron chi connectivity index (χ2n) is 5.44. The van der Waals surface area contributed by atoms with Gasteiger partial charge in [-0.25, -0.2) is 0 Å². The van der Waals surface area contributed by atoms with E-state index in [-0.39, 0.29) is 6.10 Å². The van der Waals surface area contributed by atoms with Gasteiger partial charge in [-0.3, -0.25) is 0 Å². The molecule has 0 aromatic heterocycles. The summed E-state index contributed by atoms with van der Waals surface area (Å²) in [5.41, 5.74) is 2.28. The third-order valence-electron chi connectivity index (χ3n) is 3.99. The molecule has 1 nitrogen and oxygen atoms in total. The highest BCUT2D eigenvalue weighted by Gasteiger charge is 2.13. The summed E-state index contributed by atoms with van der Waals surface area (Å²) in [5.74, 6) is 7.44. The summed E-state index contributed by atoms with van der Waals surface area (Å²) in [7, 11) is 1.75. The molecule has 1 saturated carbocycles. The Balaban J connectivity index is 2.18. The van der Waals surface area contributed by atoms with Crippen LogP contribution in [0, 0.1) is 17.8 Å². The maximum absolute atomic E-state index is 5.57. The van der Waals surface area contributed by atoms with Crippen LogP contribution in [-0.4, -0.2) is 7.11 Å². The minimum absolute atomic E-state index is 0.0596. The molecule has 2 rings (SSSR count). The predicted octanol–water partition coefficient (Wildman–Crippen LogP) is 4.88. The molecule has 20 heavy (non-hydrogen) atoms. The van der Waals surface area contributed by atoms with Gasteiger partial charge in [0.25, 0.3) is 0 Å². The summed E-state index contributed by atoms with van der Waals surface area (Å²) in [6.07, 6.45) is 9.34. The van der Waals surface area contributed by atoms with Crippen LogP contribution in [-0.2, 0) is 4.74 Å². The summed E-state index contributed by atoms with van der Waals surface area (Å²) < 4.78 is 5.57. The SMILES string of the molecule is C=CCC(OC)c1ccccc1C#CC1CCCCC1. The molecule has 0 amide bonds. The molecular weight excluding hydrogens is 244 g/mol. The first-order chi connectivity index (χ1) is 9.85. The van der Waals surface area contributed by atoms with E-state index in [2.05, 4.69) is 42.7 Å². The average Bonchev–Trinajstić information content (AvgIpc) is 2.52. The molecule has 1 aromatic rings. The Labute approximate surface area is 123 Å². The highest BCUT2D eigenvalue weighted by Crippen LogP contribution is 2.25. The highest BCUT2D eigenvalue weighted by molar-refractivity contribution is 5.43. The Bertz CT molecular complexity index is 486. The number of benzene rings is 1. The average molecular weight is 268 g/mol. The smallest absolute Gasteiger partial charge is 0.0867 e. The number of ether oxygens (including phenoxy) is 1. The van der Waals surface area contributed by atoms with Gasteiger partial charge in [0, 0.05) is 18.6 Å². The van der Waals surface area contributed by atoms with Gasteiger partial charge in [-0.15, -0.1) is 6.58 Å². The first-order valence-corrected chi connectivity index (χ1v) is 7.59. The van der Waals surface area contributed by atoms with E-state index in [4.69, 9.17) is 4.74 Å². The zero-order chi connectivity index (χ0) is 14.2. The second kappa shape index (κ2) is 7.92. The fourth-order valence-electron chi connectivity index (χ4n) is 2.82. The lowest BCUT2D eigenvalue weighted by molar-refractivity contribution is 0.106. The summed E-state index contributed by atoms with van der Waals surface area (Å²) >= 11 is 0. The number of hydrogen-bond donors (Lipinski definition) is 0. The minimum Gasteiger partial charge on any atom is -0.376 e. The van der Waals surface area contributed by atoms with Crippen molar-refractivity contribution in [2.75, 3.05) is 7.11 Å². The van der Waals surface area contributed by atoms with Crippen LogP contribution in [0.3, 0.4) is 0 Å². The van der Waals surface area contributed by atoms with Gasteiger partial charge in [0.1, 0.15) is 0 Å². The molecule has 1 fully saturated rings. The molecule has 1 aliphatic rings. The quantitative estimate of drug-likeness (QED) is 0.558. The number of rotatable bonds is 4. The van der Waals surface area contributed by atoms with Crippen LogP contribution < -0.4 is 0 Å². The number of hydrogen-bond acceptors (Lipinski definition) is 1. The molecule has 0 heterocycles. The van der Waals surface area contributed by atoms with Gasteiger partial charge in [0.05, 0.1) is 6.10 Å². The van der Waals surface area contributed by atoms with Crippen LogP contribution in [0.4, 0.5) is 0 Å². The van der Waals surface area contributed by atoms with Gasteiger partial charge in [-0.05, 0) is 30.9 Å². The Morgan fingerprint density at radius 3 is 2.75 bits per heavy atom. The molecule has 0 aliphatic heterocycles. The molecular formula is C19H24O. The molecule has 1 aliphatic carbocycles. The van der Waals surface area contributed by atoms with Gasteiger partial charge in [0.2, 0.25) is 0 Å². The predicted molar refractivity (Wildman–Crippen MR) is 84.5 cm³/mol. The van der Waals surface area contributed by atoms with E-state index in [1.165, 1.54) is 37.7 Å². The molecule has 0 N–H and O–H groups in total. The molecule has 106 valence electrons. The molecule has 1 aromatic carbocycles. The van der Waals surface area contributed by atoms with Gasteiger partial charge in [-0.2, -0.15) is 0 Å². The Hall–Kier alpha value is -1.52. The Kier molecular flexibility index (Phi) is 5.89. The lowest BCUT2D eigenvalue weighted by Crippen LogP contribution is -2.04. The zero-order valence-electron chi connectivity index (χ0n) is 12.4. The van der Waals surface area contributed by atoms with Crippen LogP contribution in [0.25, 0.3) is 0 Å². The second-order valence-corrected chi connectivity index (χ2v) is 5.44. The molecule has 0 radical (unpaired) electrons.